The number of rotatable bonds is 11. The van der Waals surface area contributed by atoms with E-state index in [0.29, 0.717) is 60.0 Å². The summed E-state index contributed by atoms with van der Waals surface area (Å²) in [5.74, 6) is 1.51. The lowest BCUT2D eigenvalue weighted by Gasteiger charge is -2.28. The molecule has 0 unspecified atom stereocenters. The molecule has 0 aliphatic heterocycles. The van der Waals surface area contributed by atoms with E-state index in [1.165, 1.54) is 0 Å². The Balaban J connectivity index is 1.13. The lowest BCUT2D eigenvalue weighted by atomic mass is 9.82. The minimum Gasteiger partial charge on any atom is -0.356 e. The van der Waals surface area contributed by atoms with Gasteiger partial charge in [0.1, 0.15) is 0 Å². The average Bonchev–Trinajstić information content (AvgIpc) is 3.01. The van der Waals surface area contributed by atoms with Crippen LogP contribution in [0.25, 0.3) is 0 Å². The van der Waals surface area contributed by atoms with Crippen LogP contribution in [0.5, 0.6) is 0 Å². The number of amides is 4. The molecule has 0 spiro atoms. The Morgan fingerprint density at radius 2 is 0.854 bits per heavy atom. The number of carbonyl (C=O) groups is 4. The van der Waals surface area contributed by atoms with Crippen molar-refractivity contribution in [1.29, 1.82) is 0 Å². The molecule has 8 nitrogen and oxygen atoms in total. The topological polar surface area (TPSA) is 116 Å². The quantitative estimate of drug-likeness (QED) is 0.327. The van der Waals surface area contributed by atoms with Crippen molar-refractivity contribution < 1.29 is 19.2 Å². The van der Waals surface area contributed by atoms with Crippen LogP contribution >= 0.6 is 0 Å². The van der Waals surface area contributed by atoms with Gasteiger partial charge >= 0.3 is 0 Å². The van der Waals surface area contributed by atoms with Crippen LogP contribution in [0.1, 0.15) is 89.4 Å². The van der Waals surface area contributed by atoms with E-state index in [1.54, 1.807) is 31.2 Å². The van der Waals surface area contributed by atoms with Crippen LogP contribution in [0.4, 0.5) is 0 Å². The summed E-state index contributed by atoms with van der Waals surface area (Å²) in [6, 6.07) is 16.2. The summed E-state index contributed by atoms with van der Waals surface area (Å²) in [5.41, 5.74) is 1.67. The van der Waals surface area contributed by atoms with Crippen LogP contribution in [0.3, 0.4) is 0 Å². The summed E-state index contributed by atoms with van der Waals surface area (Å²) in [6.07, 6.45) is 8.29. The van der Waals surface area contributed by atoms with E-state index >= 15 is 0 Å². The van der Waals surface area contributed by atoms with Crippen LogP contribution in [0, 0.1) is 23.7 Å². The molecule has 4 amide bonds. The van der Waals surface area contributed by atoms with Crippen LogP contribution in [-0.4, -0.2) is 49.8 Å². The maximum atomic E-state index is 12.9. The Morgan fingerprint density at radius 1 is 0.512 bits per heavy atom. The highest BCUT2D eigenvalue weighted by Crippen LogP contribution is 2.29. The largest absolute Gasteiger partial charge is 0.356 e. The van der Waals surface area contributed by atoms with Gasteiger partial charge in [-0.3, -0.25) is 19.2 Å². The molecular weight excluding hydrogens is 516 g/mol. The smallest absolute Gasteiger partial charge is 0.251 e. The molecule has 8 heteroatoms. The van der Waals surface area contributed by atoms with Crippen LogP contribution < -0.4 is 21.3 Å². The molecule has 220 valence electrons. The Bertz CT molecular complexity index is 1170. The number of carbonyl (C=O) groups excluding carboxylic acids is 4. The molecule has 2 fully saturated rings. The molecule has 0 atom stereocenters. The van der Waals surface area contributed by atoms with Gasteiger partial charge in [-0.05, 0) is 105 Å². The third-order valence-corrected chi connectivity index (χ3v) is 8.65. The van der Waals surface area contributed by atoms with E-state index in [-0.39, 0.29) is 23.6 Å². The van der Waals surface area contributed by atoms with Gasteiger partial charge in [0.05, 0.1) is 0 Å². The second-order valence-corrected chi connectivity index (χ2v) is 11.8. The molecule has 2 saturated carbocycles. The van der Waals surface area contributed by atoms with Gasteiger partial charge < -0.3 is 21.3 Å². The summed E-state index contributed by atoms with van der Waals surface area (Å²) in [6.45, 7) is 4.20. The second kappa shape index (κ2) is 15.4. The Labute approximate surface area is 243 Å². The van der Waals surface area contributed by atoms with Gasteiger partial charge in [-0.15, -0.1) is 0 Å². The molecule has 4 N–H and O–H groups in total. The molecule has 2 aromatic carbocycles. The van der Waals surface area contributed by atoms with Crippen molar-refractivity contribution in [2.75, 3.05) is 26.2 Å². The van der Waals surface area contributed by atoms with E-state index in [9.17, 15) is 19.2 Å². The van der Waals surface area contributed by atoms with Crippen LogP contribution in [0.2, 0.25) is 0 Å². The third-order valence-electron chi connectivity index (χ3n) is 8.65. The average molecular weight is 561 g/mol. The Hall–Kier alpha value is -3.68. The summed E-state index contributed by atoms with van der Waals surface area (Å²) in [5, 5.41) is 12.1. The fraction of sp³-hybridized carbons (Fsp3) is 0.515. The lowest BCUT2D eigenvalue weighted by molar-refractivity contribution is -0.119. The van der Waals surface area contributed by atoms with Crippen molar-refractivity contribution >= 4 is 23.6 Å². The molecule has 4 rings (SSSR count). The fourth-order valence-electron chi connectivity index (χ4n) is 5.98. The van der Waals surface area contributed by atoms with Crippen LogP contribution in [0.15, 0.2) is 54.6 Å². The first-order valence-electron chi connectivity index (χ1n) is 15.1. The predicted molar refractivity (Wildman–Crippen MR) is 159 cm³/mol. The molecular formula is C33H44N4O4. The van der Waals surface area contributed by atoms with Crippen molar-refractivity contribution in [3.05, 3.63) is 71.3 Å². The summed E-state index contributed by atoms with van der Waals surface area (Å²) >= 11 is 0. The monoisotopic (exact) mass is 560 g/mol. The minimum absolute atomic E-state index is 0.0144. The van der Waals surface area contributed by atoms with E-state index in [1.807, 2.05) is 30.3 Å². The van der Waals surface area contributed by atoms with Crippen molar-refractivity contribution in [2.45, 2.75) is 58.3 Å². The van der Waals surface area contributed by atoms with Gasteiger partial charge in [-0.25, -0.2) is 0 Å². The first kappa shape index (κ1) is 30.3. The van der Waals surface area contributed by atoms with Gasteiger partial charge in [0.15, 0.2) is 0 Å². The first-order chi connectivity index (χ1) is 19.9. The third kappa shape index (κ3) is 9.73. The summed E-state index contributed by atoms with van der Waals surface area (Å²) in [7, 11) is 0. The second-order valence-electron chi connectivity index (χ2n) is 11.8. The number of nitrogens with one attached hydrogen (secondary N) is 4. The van der Waals surface area contributed by atoms with Gasteiger partial charge in [0.2, 0.25) is 5.91 Å². The molecule has 41 heavy (non-hydrogen) atoms. The van der Waals surface area contributed by atoms with Crippen molar-refractivity contribution in [1.82, 2.24) is 21.3 Å². The molecule has 0 radical (unpaired) electrons. The lowest BCUT2D eigenvalue weighted by Crippen LogP contribution is -2.35. The minimum atomic E-state index is -0.158. The summed E-state index contributed by atoms with van der Waals surface area (Å²) in [4.78, 5) is 49.1. The maximum absolute atomic E-state index is 12.9. The van der Waals surface area contributed by atoms with Crippen molar-refractivity contribution in [2.24, 2.45) is 23.7 Å². The van der Waals surface area contributed by atoms with Crippen LogP contribution in [-0.2, 0) is 4.79 Å². The normalized spacial score (nSPS) is 22.3. The van der Waals surface area contributed by atoms with E-state index in [4.69, 9.17) is 0 Å². The van der Waals surface area contributed by atoms with Gasteiger partial charge in [-0.2, -0.15) is 0 Å². The SMILES string of the molecule is CC(=O)NC[C@H]1CC[C@@H](CNC(=O)c2cccc(C(=O)NC[C@H]3CC[C@@H](CNC(=O)c4ccccc4)CC3)c2)CC1. The van der Waals surface area contributed by atoms with Crippen molar-refractivity contribution in [3.8, 4) is 0 Å². The Kier molecular flexibility index (Phi) is 11.3. The predicted octanol–water partition coefficient (Wildman–Crippen LogP) is 4.33. The van der Waals surface area contributed by atoms with Crippen molar-refractivity contribution in [3.63, 3.8) is 0 Å². The fourth-order valence-corrected chi connectivity index (χ4v) is 5.98. The van der Waals surface area contributed by atoms with Gasteiger partial charge in [0.25, 0.3) is 17.7 Å². The molecule has 2 aliphatic carbocycles. The number of hydrogen-bond donors (Lipinski definition) is 4. The summed E-state index contributed by atoms with van der Waals surface area (Å²) < 4.78 is 0. The zero-order valence-corrected chi connectivity index (χ0v) is 24.1. The highest BCUT2D eigenvalue weighted by molar-refractivity contribution is 5.99. The first-order valence-corrected chi connectivity index (χ1v) is 15.1. The molecule has 0 saturated heterocycles. The molecule has 2 aromatic rings. The standard InChI is InChI=1S/C33H44N4O4/c1-23(38)34-19-24-10-12-26(13-11-24)21-36-32(40)29-8-5-9-30(18-29)33(41)37-22-27-16-14-25(15-17-27)20-35-31(39)28-6-3-2-4-7-28/h2-9,18,24-27H,10-17,19-22H2,1H3,(H,34,38)(H,35,39)(H,36,40)(H,37,41)/t24-,25-,26+,27+. The van der Waals surface area contributed by atoms with Gasteiger partial charge in [-0.1, -0.05) is 24.3 Å². The molecule has 0 heterocycles. The van der Waals surface area contributed by atoms with E-state index in [0.717, 1.165) is 57.9 Å². The van der Waals surface area contributed by atoms with Gasteiger partial charge in [0, 0.05) is 49.8 Å². The van der Waals surface area contributed by atoms with E-state index in [2.05, 4.69) is 21.3 Å². The molecule has 0 aromatic heterocycles. The van der Waals surface area contributed by atoms with E-state index < -0.39 is 0 Å². The number of benzene rings is 2. The highest BCUT2D eigenvalue weighted by atomic mass is 16.2. The zero-order valence-electron chi connectivity index (χ0n) is 24.1. The molecule has 0 bridgehead atoms. The number of hydrogen-bond acceptors (Lipinski definition) is 4. The maximum Gasteiger partial charge on any atom is 0.251 e. The zero-order chi connectivity index (χ0) is 29.0. The molecule has 2 aliphatic rings. The highest BCUT2D eigenvalue weighted by Gasteiger charge is 2.24. The Morgan fingerprint density at radius 3 is 1.24 bits per heavy atom.